The van der Waals surface area contributed by atoms with Gasteiger partial charge in [0, 0.05) is 0 Å². The summed E-state index contributed by atoms with van der Waals surface area (Å²) < 4.78 is 12.4. The lowest BCUT2D eigenvalue weighted by Gasteiger charge is -2.48. The Kier molecular flexibility index (Phi) is 4.32. The molecule has 5 heteroatoms. The van der Waals surface area contributed by atoms with E-state index in [0.717, 1.165) is 0 Å². The minimum absolute atomic E-state index is 0.366. The van der Waals surface area contributed by atoms with Crippen molar-refractivity contribution in [3.8, 4) is 0 Å². The third-order valence-corrected chi connectivity index (χ3v) is 8.78. The first-order valence-corrected chi connectivity index (χ1v) is 11.7. The van der Waals surface area contributed by atoms with Crippen LogP contribution in [0, 0.1) is 23.7 Å². The van der Waals surface area contributed by atoms with Crippen LogP contribution in [0.2, 0.25) is 0 Å². The van der Waals surface area contributed by atoms with Crippen molar-refractivity contribution in [2.24, 2.45) is 23.7 Å². The van der Waals surface area contributed by atoms with Gasteiger partial charge < -0.3 is 9.47 Å². The first-order valence-electron chi connectivity index (χ1n) is 11.7. The molecule has 2 aromatic rings. The summed E-state index contributed by atoms with van der Waals surface area (Å²) >= 11 is 0. The van der Waals surface area contributed by atoms with Gasteiger partial charge in [-0.3, -0.25) is 5.32 Å². The molecule has 8 atom stereocenters. The summed E-state index contributed by atoms with van der Waals surface area (Å²) in [5.74, 6) is 1.43. The number of carbonyl (C=O) groups excluding carboxylic acids is 2. The van der Waals surface area contributed by atoms with E-state index in [0.29, 0.717) is 34.8 Å². The number of esters is 2. The normalized spacial score (nSPS) is 40.8. The molecule has 4 fully saturated rings. The highest BCUT2D eigenvalue weighted by Gasteiger charge is 2.78. The van der Waals surface area contributed by atoms with E-state index in [1.807, 2.05) is 36.4 Å². The summed E-state index contributed by atoms with van der Waals surface area (Å²) in [6.45, 7) is 4.35. The molecule has 8 unspecified atom stereocenters. The van der Waals surface area contributed by atoms with Crippen LogP contribution in [-0.4, -0.2) is 35.2 Å². The van der Waals surface area contributed by atoms with Gasteiger partial charge in [-0.2, -0.15) is 0 Å². The fourth-order valence-corrected chi connectivity index (χ4v) is 7.80. The van der Waals surface area contributed by atoms with Gasteiger partial charge in [0.05, 0.1) is 22.2 Å². The van der Waals surface area contributed by atoms with Crippen LogP contribution in [0.3, 0.4) is 0 Å². The number of carbonyl (C=O) groups is 2. The molecule has 2 aliphatic heterocycles. The summed E-state index contributed by atoms with van der Waals surface area (Å²) in [6, 6.07) is 18.1. The van der Waals surface area contributed by atoms with Gasteiger partial charge in [0.1, 0.15) is 0 Å². The average Bonchev–Trinajstić information content (AvgIpc) is 3.53. The Balaban J connectivity index is 1.36. The molecule has 4 aliphatic rings. The van der Waals surface area contributed by atoms with Crippen LogP contribution >= 0.6 is 0 Å². The lowest BCUT2D eigenvalue weighted by atomic mass is 9.60. The Labute approximate surface area is 188 Å². The lowest BCUT2D eigenvalue weighted by Crippen LogP contribution is -2.60. The summed E-state index contributed by atoms with van der Waals surface area (Å²) in [5, 5.41) is 3.84. The van der Waals surface area contributed by atoms with E-state index in [1.165, 1.54) is 19.3 Å². The van der Waals surface area contributed by atoms with Crippen molar-refractivity contribution in [3.63, 3.8) is 0 Å². The van der Waals surface area contributed by atoms with Crippen molar-refractivity contribution in [2.75, 3.05) is 0 Å². The zero-order valence-corrected chi connectivity index (χ0v) is 18.5. The zero-order valence-electron chi connectivity index (χ0n) is 18.5. The van der Waals surface area contributed by atoms with E-state index in [2.05, 4.69) is 19.2 Å². The summed E-state index contributed by atoms with van der Waals surface area (Å²) in [5.41, 5.74) is 0.208. The highest BCUT2D eigenvalue weighted by molar-refractivity contribution is 5.90. The Hall–Kier alpha value is -2.66. The molecule has 2 aromatic carbocycles. The Morgan fingerprint density at radius 2 is 1.16 bits per heavy atom. The van der Waals surface area contributed by atoms with Crippen LogP contribution < -0.4 is 5.32 Å². The van der Waals surface area contributed by atoms with E-state index in [-0.39, 0.29) is 11.9 Å². The second-order valence-corrected chi connectivity index (χ2v) is 10.5. The SMILES string of the molecule is CC12NC(C)(C(OC(=O)c3ccccc3)C1OC(=O)c1ccccc1)C1C3CCC(C3)C12. The molecule has 5 nitrogen and oxygen atoms in total. The quantitative estimate of drug-likeness (QED) is 0.734. The van der Waals surface area contributed by atoms with Crippen molar-refractivity contribution >= 4 is 11.9 Å². The third kappa shape index (κ3) is 2.67. The third-order valence-electron chi connectivity index (χ3n) is 8.78. The second kappa shape index (κ2) is 6.92. The highest BCUT2D eigenvalue weighted by atomic mass is 16.6. The van der Waals surface area contributed by atoms with E-state index in [9.17, 15) is 9.59 Å². The van der Waals surface area contributed by atoms with Crippen molar-refractivity contribution in [1.82, 2.24) is 5.32 Å². The number of rotatable bonds is 4. The summed E-state index contributed by atoms with van der Waals surface area (Å²) in [6.07, 6.45) is 2.66. The predicted molar refractivity (Wildman–Crippen MR) is 119 cm³/mol. The summed E-state index contributed by atoms with van der Waals surface area (Å²) in [4.78, 5) is 26.2. The summed E-state index contributed by atoms with van der Waals surface area (Å²) in [7, 11) is 0. The molecule has 0 aromatic heterocycles. The van der Waals surface area contributed by atoms with Gasteiger partial charge in [-0.1, -0.05) is 36.4 Å². The minimum Gasteiger partial charge on any atom is -0.453 e. The molecule has 4 bridgehead atoms. The molecule has 0 amide bonds. The smallest absolute Gasteiger partial charge is 0.338 e. The number of nitrogens with one attached hydrogen (secondary N) is 1. The van der Waals surface area contributed by atoms with Gasteiger partial charge in [0.2, 0.25) is 0 Å². The number of hydrogen-bond acceptors (Lipinski definition) is 5. The standard InChI is InChI=1S/C27H29NO4/c1-26-20-18-13-14-19(15-18)21(20)27(2,28-26)23(32-25(30)17-11-7-4-8-12-17)22(26)31-24(29)16-9-5-3-6-10-16/h3-12,18-23,28H,13-15H2,1-2H3. The first kappa shape index (κ1) is 20.0. The van der Waals surface area contributed by atoms with Gasteiger partial charge >= 0.3 is 11.9 Å². The molecule has 32 heavy (non-hydrogen) atoms. The van der Waals surface area contributed by atoms with Crippen molar-refractivity contribution in [1.29, 1.82) is 0 Å². The van der Waals surface area contributed by atoms with Crippen LogP contribution in [0.4, 0.5) is 0 Å². The first-order chi connectivity index (χ1) is 15.4. The van der Waals surface area contributed by atoms with E-state index in [1.54, 1.807) is 24.3 Å². The van der Waals surface area contributed by atoms with Gasteiger partial charge in [0.15, 0.2) is 12.2 Å². The molecule has 2 saturated heterocycles. The number of fused-ring (bicyclic) bond motifs is 9. The molecule has 166 valence electrons. The maximum absolute atomic E-state index is 13.1. The highest BCUT2D eigenvalue weighted by Crippen LogP contribution is 2.68. The molecule has 6 rings (SSSR count). The van der Waals surface area contributed by atoms with Gasteiger partial charge in [-0.15, -0.1) is 0 Å². The van der Waals surface area contributed by atoms with Gasteiger partial charge in [-0.05, 0) is 81.0 Å². The maximum atomic E-state index is 13.1. The Morgan fingerprint density at radius 1 is 0.750 bits per heavy atom. The van der Waals surface area contributed by atoms with E-state index >= 15 is 0 Å². The lowest BCUT2D eigenvalue weighted by molar-refractivity contribution is -0.0983. The molecule has 2 saturated carbocycles. The second-order valence-electron chi connectivity index (χ2n) is 10.5. The van der Waals surface area contributed by atoms with Gasteiger partial charge in [0.25, 0.3) is 0 Å². The molecule has 0 radical (unpaired) electrons. The van der Waals surface area contributed by atoms with E-state index in [4.69, 9.17) is 9.47 Å². The average molecular weight is 432 g/mol. The molecule has 2 heterocycles. The van der Waals surface area contributed by atoms with Crippen LogP contribution in [0.15, 0.2) is 60.7 Å². The molecule has 1 N–H and O–H groups in total. The Morgan fingerprint density at radius 3 is 1.56 bits per heavy atom. The fraction of sp³-hybridized carbons (Fsp3) is 0.481. The maximum Gasteiger partial charge on any atom is 0.338 e. The van der Waals surface area contributed by atoms with E-state index < -0.39 is 23.3 Å². The Bertz CT molecular complexity index is 972. The monoisotopic (exact) mass is 431 g/mol. The molecular weight excluding hydrogens is 402 g/mol. The topological polar surface area (TPSA) is 64.6 Å². The van der Waals surface area contributed by atoms with Crippen LogP contribution in [0.1, 0.15) is 53.8 Å². The van der Waals surface area contributed by atoms with Crippen LogP contribution in [0.25, 0.3) is 0 Å². The van der Waals surface area contributed by atoms with Crippen LogP contribution in [0.5, 0.6) is 0 Å². The molecule has 0 spiro atoms. The molecular formula is C27H29NO4. The van der Waals surface area contributed by atoms with Crippen molar-refractivity contribution in [2.45, 2.75) is 56.4 Å². The van der Waals surface area contributed by atoms with Crippen molar-refractivity contribution < 1.29 is 19.1 Å². The van der Waals surface area contributed by atoms with Gasteiger partial charge in [-0.25, -0.2) is 9.59 Å². The zero-order chi connectivity index (χ0) is 22.1. The molecule has 2 aliphatic carbocycles. The minimum atomic E-state index is -0.534. The fourth-order valence-electron chi connectivity index (χ4n) is 7.80. The van der Waals surface area contributed by atoms with Crippen LogP contribution in [-0.2, 0) is 9.47 Å². The number of benzene rings is 2. The largest absolute Gasteiger partial charge is 0.453 e. The number of ether oxygens (including phenoxy) is 2. The number of hydrogen-bond donors (Lipinski definition) is 1. The van der Waals surface area contributed by atoms with Crippen molar-refractivity contribution in [3.05, 3.63) is 71.8 Å². The predicted octanol–water partition coefficient (Wildman–Crippen LogP) is 4.23.